The second-order valence-corrected chi connectivity index (χ2v) is 8.39. The van der Waals surface area contributed by atoms with Crippen molar-refractivity contribution in [1.82, 2.24) is 9.88 Å². The van der Waals surface area contributed by atoms with Crippen LogP contribution in [0.2, 0.25) is 0 Å². The number of carbonyl (C=O) groups is 1. The largest absolute Gasteiger partial charge is 0.366 e. The monoisotopic (exact) mass is 385 g/mol. The molecule has 0 saturated heterocycles. The highest BCUT2D eigenvalue weighted by Gasteiger charge is 2.32. The SMILES string of the molecule is Cc1ccc(Cc2cc3c(c4ccccc24)NCN(C2CCCCC2)C3=O)cn1. The summed E-state index contributed by atoms with van der Waals surface area (Å²) in [6.45, 7) is 2.62. The first-order valence-corrected chi connectivity index (χ1v) is 10.7. The highest BCUT2D eigenvalue weighted by Crippen LogP contribution is 2.36. The molecule has 0 spiro atoms. The van der Waals surface area contributed by atoms with Gasteiger partial charge in [-0.05, 0) is 54.8 Å². The topological polar surface area (TPSA) is 45.2 Å². The van der Waals surface area contributed by atoms with Crippen molar-refractivity contribution in [3.8, 4) is 0 Å². The van der Waals surface area contributed by atoms with Gasteiger partial charge < -0.3 is 10.2 Å². The molecule has 1 aliphatic carbocycles. The molecule has 3 aromatic rings. The number of hydrogen-bond acceptors (Lipinski definition) is 3. The smallest absolute Gasteiger partial charge is 0.257 e. The zero-order valence-electron chi connectivity index (χ0n) is 16.9. The molecule has 148 valence electrons. The molecule has 4 heteroatoms. The second-order valence-electron chi connectivity index (χ2n) is 8.39. The maximum atomic E-state index is 13.5. The fourth-order valence-electron chi connectivity index (χ4n) is 4.86. The van der Waals surface area contributed by atoms with Gasteiger partial charge in [0.15, 0.2) is 0 Å². The van der Waals surface area contributed by atoms with Crippen molar-refractivity contribution < 1.29 is 4.79 Å². The second kappa shape index (κ2) is 7.51. The molecule has 0 unspecified atom stereocenters. The Hall–Kier alpha value is -2.88. The Morgan fingerprint density at radius 1 is 1.07 bits per heavy atom. The molecule has 5 rings (SSSR count). The standard InChI is InChI=1S/C25H27N3O/c1-17-11-12-18(15-26-17)13-19-14-23-24(22-10-6-5-9-21(19)22)27-16-28(25(23)29)20-7-3-2-4-8-20/h5-6,9-12,14-15,20,27H,2-4,7-8,13,16H2,1H3. The molecule has 2 aliphatic rings. The van der Waals surface area contributed by atoms with Crippen LogP contribution in [0.4, 0.5) is 5.69 Å². The van der Waals surface area contributed by atoms with E-state index >= 15 is 0 Å². The summed E-state index contributed by atoms with van der Waals surface area (Å²) in [6, 6.07) is 15.1. The number of anilines is 1. The first kappa shape index (κ1) is 18.2. The Balaban J connectivity index is 1.57. The lowest BCUT2D eigenvalue weighted by molar-refractivity contribution is 0.0641. The molecular weight excluding hydrogens is 358 g/mol. The number of pyridine rings is 1. The van der Waals surface area contributed by atoms with E-state index in [2.05, 4.69) is 51.6 Å². The van der Waals surface area contributed by atoms with Crippen LogP contribution >= 0.6 is 0 Å². The predicted molar refractivity (Wildman–Crippen MR) is 117 cm³/mol. The number of aromatic nitrogens is 1. The Morgan fingerprint density at radius 2 is 1.86 bits per heavy atom. The fourth-order valence-corrected chi connectivity index (χ4v) is 4.86. The van der Waals surface area contributed by atoms with Crippen LogP contribution in [-0.4, -0.2) is 28.5 Å². The van der Waals surface area contributed by atoms with E-state index in [9.17, 15) is 4.79 Å². The van der Waals surface area contributed by atoms with Gasteiger partial charge in [0.25, 0.3) is 5.91 Å². The molecular formula is C25H27N3O. The summed E-state index contributed by atoms with van der Waals surface area (Å²) in [5.41, 5.74) is 5.18. The summed E-state index contributed by atoms with van der Waals surface area (Å²) in [7, 11) is 0. The number of fused-ring (bicyclic) bond motifs is 3. The lowest BCUT2D eigenvalue weighted by atomic mass is 9.91. The third-order valence-corrected chi connectivity index (χ3v) is 6.43. The van der Waals surface area contributed by atoms with E-state index in [0.29, 0.717) is 12.7 Å². The first-order chi connectivity index (χ1) is 14.2. The van der Waals surface area contributed by atoms with Crippen molar-refractivity contribution in [2.24, 2.45) is 0 Å². The van der Waals surface area contributed by atoms with E-state index in [0.717, 1.165) is 41.6 Å². The molecule has 1 aliphatic heterocycles. The fraction of sp³-hybridized carbons (Fsp3) is 0.360. The zero-order chi connectivity index (χ0) is 19.8. The van der Waals surface area contributed by atoms with Gasteiger partial charge in [-0.2, -0.15) is 0 Å². The molecule has 1 aromatic heterocycles. The van der Waals surface area contributed by atoms with Crippen molar-refractivity contribution >= 4 is 22.4 Å². The minimum absolute atomic E-state index is 0.180. The van der Waals surface area contributed by atoms with Crippen molar-refractivity contribution in [2.45, 2.75) is 51.5 Å². The third-order valence-electron chi connectivity index (χ3n) is 6.43. The molecule has 1 fully saturated rings. The third kappa shape index (κ3) is 3.37. The van der Waals surface area contributed by atoms with Gasteiger partial charge in [0, 0.05) is 23.3 Å². The molecule has 1 N–H and O–H groups in total. The van der Waals surface area contributed by atoms with Crippen molar-refractivity contribution in [3.63, 3.8) is 0 Å². The minimum atomic E-state index is 0.180. The number of carbonyl (C=O) groups excluding carboxylic acids is 1. The van der Waals surface area contributed by atoms with Gasteiger partial charge in [-0.15, -0.1) is 0 Å². The van der Waals surface area contributed by atoms with E-state index in [-0.39, 0.29) is 5.91 Å². The number of aryl methyl sites for hydroxylation is 1. The van der Waals surface area contributed by atoms with Gasteiger partial charge in [-0.3, -0.25) is 9.78 Å². The van der Waals surface area contributed by atoms with Crippen LogP contribution < -0.4 is 5.32 Å². The Kier molecular flexibility index (Phi) is 4.70. The van der Waals surface area contributed by atoms with Crippen molar-refractivity contribution in [1.29, 1.82) is 0 Å². The Labute approximate surface area is 171 Å². The van der Waals surface area contributed by atoms with Gasteiger partial charge in [0.05, 0.1) is 17.9 Å². The van der Waals surface area contributed by atoms with Crippen molar-refractivity contribution in [3.05, 3.63) is 71.0 Å². The molecule has 1 saturated carbocycles. The quantitative estimate of drug-likeness (QED) is 0.666. The summed E-state index contributed by atoms with van der Waals surface area (Å²) in [4.78, 5) is 20.0. The maximum absolute atomic E-state index is 13.5. The van der Waals surface area contributed by atoms with Crippen LogP contribution in [-0.2, 0) is 6.42 Å². The summed E-state index contributed by atoms with van der Waals surface area (Å²) in [5.74, 6) is 0.180. The van der Waals surface area contributed by atoms with Gasteiger partial charge in [0.1, 0.15) is 0 Å². The lowest BCUT2D eigenvalue weighted by Crippen LogP contribution is -2.47. The molecule has 2 aromatic carbocycles. The van der Waals surface area contributed by atoms with E-state index in [1.165, 1.54) is 35.8 Å². The van der Waals surface area contributed by atoms with Gasteiger partial charge in [-0.25, -0.2) is 0 Å². The number of nitrogens with one attached hydrogen (secondary N) is 1. The molecule has 0 atom stereocenters. The average Bonchev–Trinajstić information content (AvgIpc) is 2.77. The van der Waals surface area contributed by atoms with Crippen LogP contribution in [0, 0.1) is 6.92 Å². The Morgan fingerprint density at radius 3 is 2.62 bits per heavy atom. The molecule has 1 amide bonds. The molecule has 0 radical (unpaired) electrons. The van der Waals surface area contributed by atoms with Crippen LogP contribution in [0.5, 0.6) is 0 Å². The zero-order valence-corrected chi connectivity index (χ0v) is 16.9. The Bertz CT molecular complexity index is 1050. The van der Waals surface area contributed by atoms with E-state index in [1.807, 2.05) is 19.2 Å². The number of hydrogen-bond donors (Lipinski definition) is 1. The first-order valence-electron chi connectivity index (χ1n) is 10.7. The summed E-state index contributed by atoms with van der Waals surface area (Å²) in [6.07, 6.45) is 8.71. The van der Waals surface area contributed by atoms with Gasteiger partial charge in [0.2, 0.25) is 0 Å². The maximum Gasteiger partial charge on any atom is 0.257 e. The molecule has 4 nitrogen and oxygen atoms in total. The van der Waals surface area contributed by atoms with Gasteiger partial charge >= 0.3 is 0 Å². The summed E-state index contributed by atoms with van der Waals surface area (Å²) < 4.78 is 0. The highest BCUT2D eigenvalue weighted by atomic mass is 16.2. The van der Waals surface area contributed by atoms with E-state index in [4.69, 9.17) is 0 Å². The van der Waals surface area contributed by atoms with Gasteiger partial charge in [-0.1, -0.05) is 49.6 Å². The van der Waals surface area contributed by atoms with Crippen LogP contribution in [0.15, 0.2) is 48.7 Å². The highest BCUT2D eigenvalue weighted by molar-refractivity contribution is 6.11. The average molecular weight is 386 g/mol. The predicted octanol–water partition coefficient (Wildman–Crippen LogP) is 5.29. The number of benzene rings is 2. The van der Waals surface area contributed by atoms with E-state index in [1.54, 1.807) is 0 Å². The molecule has 2 heterocycles. The normalized spacial score (nSPS) is 17.3. The number of rotatable bonds is 3. The van der Waals surface area contributed by atoms with Crippen LogP contribution in [0.25, 0.3) is 10.8 Å². The molecule has 0 bridgehead atoms. The molecule has 29 heavy (non-hydrogen) atoms. The number of nitrogens with zero attached hydrogens (tertiary/aromatic N) is 2. The van der Waals surface area contributed by atoms with E-state index < -0.39 is 0 Å². The minimum Gasteiger partial charge on any atom is -0.366 e. The van der Waals surface area contributed by atoms with Crippen molar-refractivity contribution in [2.75, 3.05) is 12.0 Å². The van der Waals surface area contributed by atoms with Crippen LogP contribution in [0.1, 0.15) is 59.3 Å². The van der Waals surface area contributed by atoms with Crippen LogP contribution in [0.3, 0.4) is 0 Å². The lowest BCUT2D eigenvalue weighted by Gasteiger charge is -2.38. The summed E-state index contributed by atoms with van der Waals surface area (Å²) >= 11 is 0. The number of amides is 1. The summed E-state index contributed by atoms with van der Waals surface area (Å²) in [5, 5.41) is 5.92.